The Morgan fingerprint density at radius 2 is 1.41 bits per heavy atom. The summed E-state index contributed by atoms with van der Waals surface area (Å²) < 4.78 is 6.35. The van der Waals surface area contributed by atoms with Gasteiger partial charge in [-0.15, -0.1) is 0 Å². The van der Waals surface area contributed by atoms with Crippen molar-refractivity contribution in [3.63, 3.8) is 0 Å². The molecule has 0 bridgehead atoms. The van der Waals surface area contributed by atoms with Crippen LogP contribution in [-0.2, 0) is 6.61 Å². The number of ether oxygens (including phenoxy) is 1. The van der Waals surface area contributed by atoms with E-state index < -0.39 is 0 Å². The van der Waals surface area contributed by atoms with Crippen molar-refractivity contribution in [1.82, 2.24) is 0 Å². The average molecular weight is 438 g/mol. The number of aliphatic imine (C=N–C) groups is 1. The van der Waals surface area contributed by atoms with Crippen LogP contribution >= 0.6 is 8.58 Å². The lowest BCUT2D eigenvalue weighted by Crippen LogP contribution is -2.19. The summed E-state index contributed by atoms with van der Waals surface area (Å²) in [6, 6.07) is 33.7. The maximum atomic E-state index is 6.35. The zero-order chi connectivity index (χ0) is 22.3. The lowest BCUT2D eigenvalue weighted by molar-refractivity contribution is 0.307. The average Bonchev–Trinajstić information content (AvgIpc) is 2.82. The van der Waals surface area contributed by atoms with Crippen LogP contribution in [0.2, 0.25) is 0 Å². The predicted octanol–water partition coefficient (Wildman–Crippen LogP) is 5.98. The minimum absolute atomic E-state index is 0.472. The third kappa shape index (κ3) is 4.98. The Labute approximate surface area is 192 Å². The molecule has 0 radical (unpaired) electrons. The van der Waals surface area contributed by atoms with E-state index in [2.05, 4.69) is 91.6 Å². The van der Waals surface area contributed by atoms with Crippen LogP contribution in [0, 0.1) is 13.8 Å². The summed E-state index contributed by atoms with van der Waals surface area (Å²) in [5.74, 6) is 0.985. The van der Waals surface area contributed by atoms with Crippen molar-refractivity contribution in [2.75, 3.05) is 7.05 Å². The van der Waals surface area contributed by atoms with E-state index in [1.165, 1.54) is 27.3 Å². The second-order valence-electron chi connectivity index (χ2n) is 7.79. The standard InChI is InChI=1S/C29H28NOP/c1-21-12-11-19-26(28(21)31-20-23-14-6-4-7-15-23)32-29-22(2)13-10-18-25(29)27(30-3)24-16-8-5-9-17-24/h4-19,32H,20H2,1-3H3/b30-27+. The normalized spacial score (nSPS) is 11.8. The van der Waals surface area contributed by atoms with Crippen LogP contribution in [0.1, 0.15) is 27.8 Å². The van der Waals surface area contributed by atoms with E-state index in [-0.39, 0.29) is 0 Å². The molecule has 0 spiro atoms. The summed E-state index contributed by atoms with van der Waals surface area (Å²) >= 11 is 0. The Morgan fingerprint density at radius 3 is 2.12 bits per heavy atom. The number of hydrogen-bond donors (Lipinski definition) is 0. The van der Waals surface area contributed by atoms with Crippen LogP contribution in [0.15, 0.2) is 102 Å². The summed E-state index contributed by atoms with van der Waals surface area (Å²) in [6.45, 7) is 4.87. The number of rotatable bonds is 7. The molecule has 0 amide bonds. The summed E-state index contributed by atoms with van der Waals surface area (Å²) in [6.07, 6.45) is 0. The zero-order valence-electron chi connectivity index (χ0n) is 18.8. The zero-order valence-corrected chi connectivity index (χ0v) is 19.8. The van der Waals surface area contributed by atoms with Crippen LogP contribution in [0.25, 0.3) is 0 Å². The Kier molecular flexibility index (Phi) is 7.14. The lowest BCUT2D eigenvalue weighted by atomic mass is 10.0. The maximum absolute atomic E-state index is 6.35. The molecule has 0 saturated carbocycles. The van der Waals surface area contributed by atoms with Gasteiger partial charge >= 0.3 is 0 Å². The topological polar surface area (TPSA) is 21.6 Å². The Hall–Kier alpha value is -3.22. The molecule has 3 heteroatoms. The van der Waals surface area contributed by atoms with E-state index in [1.54, 1.807) is 0 Å². The highest BCUT2D eigenvalue weighted by molar-refractivity contribution is 7.56. The molecule has 2 nitrogen and oxygen atoms in total. The number of hydrogen-bond acceptors (Lipinski definition) is 2. The maximum Gasteiger partial charge on any atom is 0.130 e. The van der Waals surface area contributed by atoms with Crippen molar-refractivity contribution in [3.8, 4) is 5.75 Å². The molecule has 1 unspecified atom stereocenters. The third-order valence-electron chi connectivity index (χ3n) is 5.50. The molecule has 0 aliphatic rings. The largest absolute Gasteiger partial charge is 0.488 e. The molecule has 160 valence electrons. The minimum atomic E-state index is 0.472. The van der Waals surface area contributed by atoms with Gasteiger partial charge in [0.1, 0.15) is 12.4 Å². The van der Waals surface area contributed by atoms with Gasteiger partial charge in [-0.25, -0.2) is 0 Å². The molecular formula is C29H28NOP. The van der Waals surface area contributed by atoms with Crippen LogP contribution < -0.4 is 15.3 Å². The van der Waals surface area contributed by atoms with E-state index in [9.17, 15) is 0 Å². The highest BCUT2D eigenvalue weighted by Crippen LogP contribution is 2.27. The van der Waals surface area contributed by atoms with Crippen LogP contribution in [-0.4, -0.2) is 12.8 Å². The number of aryl methyl sites for hydroxylation is 2. The second kappa shape index (κ2) is 10.4. The van der Waals surface area contributed by atoms with Crippen LogP contribution in [0.5, 0.6) is 5.75 Å². The van der Waals surface area contributed by atoms with Crippen molar-refractivity contribution in [2.24, 2.45) is 4.99 Å². The van der Waals surface area contributed by atoms with E-state index >= 15 is 0 Å². The number of nitrogens with zero attached hydrogens (tertiary/aromatic N) is 1. The van der Waals surface area contributed by atoms with E-state index in [4.69, 9.17) is 4.74 Å². The minimum Gasteiger partial charge on any atom is -0.488 e. The third-order valence-corrected chi connectivity index (χ3v) is 7.07. The Morgan fingerprint density at radius 1 is 0.750 bits per heavy atom. The van der Waals surface area contributed by atoms with E-state index in [0.717, 1.165) is 22.6 Å². The Balaban J connectivity index is 1.70. The molecule has 4 rings (SSSR count). The van der Waals surface area contributed by atoms with Gasteiger partial charge in [0.15, 0.2) is 0 Å². The fraction of sp³-hybridized carbons (Fsp3) is 0.138. The molecule has 0 saturated heterocycles. The molecule has 0 aliphatic carbocycles. The second-order valence-corrected chi connectivity index (χ2v) is 9.08. The molecule has 0 N–H and O–H groups in total. The smallest absolute Gasteiger partial charge is 0.130 e. The highest BCUT2D eigenvalue weighted by Gasteiger charge is 2.16. The SMILES string of the molecule is C/N=C(\c1ccccc1)c1cccc(C)c1Pc1cccc(C)c1OCc1ccccc1. The molecular weight excluding hydrogens is 409 g/mol. The van der Waals surface area contributed by atoms with Gasteiger partial charge < -0.3 is 4.74 Å². The molecule has 0 fully saturated rings. The van der Waals surface area contributed by atoms with E-state index in [0.29, 0.717) is 15.2 Å². The fourth-order valence-corrected chi connectivity index (χ4v) is 5.29. The summed E-state index contributed by atoms with van der Waals surface area (Å²) in [5, 5.41) is 2.53. The summed E-state index contributed by atoms with van der Waals surface area (Å²) in [5.41, 5.74) is 6.95. The molecule has 4 aromatic carbocycles. The quantitative estimate of drug-likeness (QED) is 0.257. The first-order chi connectivity index (χ1) is 15.7. The number of benzene rings is 4. The molecule has 4 aromatic rings. The Bertz CT molecular complexity index is 1220. The first kappa shape index (κ1) is 22.0. The van der Waals surface area contributed by atoms with Gasteiger partial charge in [0.25, 0.3) is 0 Å². The molecule has 1 atom stereocenters. The van der Waals surface area contributed by atoms with Crippen LogP contribution in [0.3, 0.4) is 0 Å². The van der Waals surface area contributed by atoms with Gasteiger partial charge in [-0.2, -0.15) is 0 Å². The summed E-state index contributed by atoms with van der Waals surface area (Å²) in [7, 11) is 2.35. The molecule has 32 heavy (non-hydrogen) atoms. The van der Waals surface area contributed by atoms with Gasteiger partial charge in [0.2, 0.25) is 0 Å². The van der Waals surface area contributed by atoms with Crippen molar-refractivity contribution in [3.05, 3.63) is 125 Å². The molecule has 0 heterocycles. The van der Waals surface area contributed by atoms with Gasteiger partial charge in [-0.3, -0.25) is 4.99 Å². The van der Waals surface area contributed by atoms with Crippen molar-refractivity contribution in [2.45, 2.75) is 20.5 Å². The van der Waals surface area contributed by atoms with Gasteiger partial charge in [-0.1, -0.05) is 106 Å². The van der Waals surface area contributed by atoms with Gasteiger partial charge in [0, 0.05) is 23.5 Å². The first-order valence-corrected chi connectivity index (χ1v) is 11.8. The first-order valence-electron chi connectivity index (χ1n) is 10.8. The lowest BCUT2D eigenvalue weighted by Gasteiger charge is -2.18. The van der Waals surface area contributed by atoms with Crippen molar-refractivity contribution in [1.29, 1.82) is 0 Å². The highest BCUT2D eigenvalue weighted by atomic mass is 31.1. The van der Waals surface area contributed by atoms with E-state index in [1.807, 2.05) is 31.3 Å². The van der Waals surface area contributed by atoms with Crippen molar-refractivity contribution >= 4 is 24.9 Å². The predicted molar refractivity (Wildman–Crippen MR) is 139 cm³/mol. The summed E-state index contributed by atoms with van der Waals surface area (Å²) in [4.78, 5) is 4.68. The monoisotopic (exact) mass is 437 g/mol. The van der Waals surface area contributed by atoms with Crippen molar-refractivity contribution < 1.29 is 4.74 Å². The molecule has 0 aliphatic heterocycles. The van der Waals surface area contributed by atoms with Crippen LogP contribution in [0.4, 0.5) is 0 Å². The van der Waals surface area contributed by atoms with Gasteiger partial charge in [0.05, 0.1) is 5.71 Å². The molecule has 0 aromatic heterocycles. The van der Waals surface area contributed by atoms with Gasteiger partial charge in [-0.05, 0) is 35.8 Å². The number of para-hydroxylation sites is 1. The fourth-order valence-electron chi connectivity index (χ4n) is 3.84.